The Morgan fingerprint density at radius 2 is 2.06 bits per heavy atom. The van der Waals surface area contributed by atoms with Crippen molar-refractivity contribution in [2.75, 3.05) is 35.6 Å². The van der Waals surface area contributed by atoms with Gasteiger partial charge in [0.2, 0.25) is 0 Å². The minimum absolute atomic E-state index is 0.0888. The van der Waals surface area contributed by atoms with Gasteiger partial charge in [0.25, 0.3) is 5.56 Å². The van der Waals surface area contributed by atoms with E-state index in [4.69, 9.17) is 15.2 Å². The van der Waals surface area contributed by atoms with E-state index in [1.165, 1.54) is 0 Å². The fourth-order valence-electron chi connectivity index (χ4n) is 4.88. The number of morpholine rings is 1. The zero-order chi connectivity index (χ0) is 24.5. The number of pyridine rings is 2. The third-order valence-corrected chi connectivity index (χ3v) is 6.74. The van der Waals surface area contributed by atoms with Gasteiger partial charge in [-0.05, 0) is 42.0 Å². The summed E-state index contributed by atoms with van der Waals surface area (Å²) >= 11 is 0. The number of hydrogen-bond acceptors (Lipinski definition) is 7. The minimum Gasteiger partial charge on any atom is -0.456 e. The average molecular weight is 482 g/mol. The predicted molar refractivity (Wildman–Crippen MR) is 140 cm³/mol. The first-order valence-corrected chi connectivity index (χ1v) is 12.1. The van der Waals surface area contributed by atoms with Gasteiger partial charge < -0.3 is 30.4 Å². The van der Waals surface area contributed by atoms with E-state index in [0.29, 0.717) is 37.7 Å². The third-order valence-electron chi connectivity index (χ3n) is 6.74. The molecular formula is C28H27N5O3. The number of para-hydroxylation sites is 1. The zero-order valence-electron chi connectivity index (χ0n) is 19.7. The van der Waals surface area contributed by atoms with Gasteiger partial charge in [0.15, 0.2) is 0 Å². The van der Waals surface area contributed by atoms with Crippen molar-refractivity contribution in [3.05, 3.63) is 106 Å². The number of nitrogens with zero attached hydrogens (tertiary/aromatic N) is 2. The topological polar surface area (TPSA) is 106 Å². The van der Waals surface area contributed by atoms with Crippen molar-refractivity contribution in [2.24, 2.45) is 0 Å². The highest BCUT2D eigenvalue weighted by Gasteiger charge is 2.29. The first-order chi connectivity index (χ1) is 17.7. The van der Waals surface area contributed by atoms with Crippen LogP contribution in [-0.2, 0) is 17.7 Å². The molecule has 0 bridgehead atoms. The molecule has 0 spiro atoms. The Balaban J connectivity index is 1.21. The molecule has 1 atom stereocenters. The summed E-state index contributed by atoms with van der Waals surface area (Å²) in [6.45, 7) is 2.39. The number of anilines is 3. The molecule has 0 radical (unpaired) electrons. The number of aromatic amines is 1. The monoisotopic (exact) mass is 481 g/mol. The first kappa shape index (κ1) is 22.2. The maximum absolute atomic E-state index is 12.3. The molecule has 0 aliphatic carbocycles. The lowest BCUT2D eigenvalue weighted by Crippen LogP contribution is -2.41. The lowest BCUT2D eigenvalue weighted by Gasteiger charge is -2.35. The largest absolute Gasteiger partial charge is 0.456 e. The Hall–Kier alpha value is -4.30. The second-order valence-electron chi connectivity index (χ2n) is 9.03. The number of ether oxygens (including phenoxy) is 2. The van der Waals surface area contributed by atoms with Gasteiger partial charge in [0, 0.05) is 60.8 Å². The van der Waals surface area contributed by atoms with Gasteiger partial charge in [0.05, 0.1) is 6.61 Å². The molecule has 4 aromatic rings. The lowest BCUT2D eigenvalue weighted by molar-refractivity contribution is 0.0383. The number of aromatic nitrogens is 2. The third kappa shape index (κ3) is 4.27. The Labute approximate surface area is 208 Å². The van der Waals surface area contributed by atoms with Crippen molar-refractivity contribution in [3.63, 3.8) is 0 Å². The van der Waals surface area contributed by atoms with Crippen LogP contribution in [0.3, 0.4) is 0 Å². The molecule has 2 aliphatic heterocycles. The summed E-state index contributed by atoms with van der Waals surface area (Å²) in [7, 11) is 0. The second kappa shape index (κ2) is 9.39. The van der Waals surface area contributed by atoms with Gasteiger partial charge in [-0.1, -0.05) is 24.3 Å². The van der Waals surface area contributed by atoms with Crippen molar-refractivity contribution in [1.82, 2.24) is 9.97 Å². The van der Waals surface area contributed by atoms with Crippen molar-refractivity contribution < 1.29 is 9.47 Å². The molecule has 1 unspecified atom stereocenters. The van der Waals surface area contributed by atoms with Gasteiger partial charge in [-0.25, -0.2) is 4.98 Å². The number of hydrogen-bond donors (Lipinski definition) is 3. The van der Waals surface area contributed by atoms with Crippen LogP contribution in [-0.4, -0.2) is 29.7 Å². The number of nitrogen functional groups attached to an aromatic ring is 1. The second-order valence-corrected chi connectivity index (χ2v) is 9.03. The molecule has 0 amide bonds. The molecule has 2 aromatic carbocycles. The molecule has 182 valence electrons. The van der Waals surface area contributed by atoms with E-state index in [1.807, 2.05) is 42.5 Å². The molecule has 2 aliphatic rings. The van der Waals surface area contributed by atoms with Crippen molar-refractivity contribution in [3.8, 4) is 11.5 Å². The van der Waals surface area contributed by atoms with Gasteiger partial charge in [-0.3, -0.25) is 4.79 Å². The fraction of sp³-hybridized carbons (Fsp3) is 0.214. The molecular weight excluding hydrogens is 454 g/mol. The number of H-pyrrole nitrogens is 1. The number of nitrogens with one attached hydrogen (secondary N) is 2. The quantitative estimate of drug-likeness (QED) is 0.345. The number of benzene rings is 2. The maximum atomic E-state index is 12.3. The molecule has 8 nitrogen and oxygen atoms in total. The van der Waals surface area contributed by atoms with Crippen molar-refractivity contribution >= 4 is 17.2 Å². The van der Waals surface area contributed by atoms with E-state index in [-0.39, 0.29) is 11.7 Å². The summed E-state index contributed by atoms with van der Waals surface area (Å²) in [4.78, 5) is 21.3. The van der Waals surface area contributed by atoms with Crippen LogP contribution in [0, 0.1) is 0 Å². The van der Waals surface area contributed by atoms with E-state index in [2.05, 4.69) is 38.4 Å². The summed E-state index contributed by atoms with van der Waals surface area (Å²) in [5, 5.41) is 3.43. The summed E-state index contributed by atoms with van der Waals surface area (Å²) in [6, 6.07) is 19.9. The van der Waals surface area contributed by atoms with Crippen LogP contribution >= 0.6 is 0 Å². The van der Waals surface area contributed by atoms with Crippen LogP contribution < -0.4 is 26.2 Å². The highest BCUT2D eigenvalue weighted by molar-refractivity contribution is 5.59. The summed E-state index contributed by atoms with van der Waals surface area (Å²) in [5.74, 6) is 2.23. The van der Waals surface area contributed by atoms with E-state index in [9.17, 15) is 4.79 Å². The Kier molecular flexibility index (Phi) is 5.79. The standard InChI is InChI=1S/C28H27N5O3/c29-27-19(5-2-10-30-27)16-32-21-8-9-24-20(15-21)14-18-4-1-6-22(26(18)36-24)25-17-33(12-13-35-25)23-7-3-11-31-28(23)34/h1-11,15,25,32H,12-14,16-17H2,(H2,29,30)(H,31,34). The fourth-order valence-corrected chi connectivity index (χ4v) is 4.88. The van der Waals surface area contributed by atoms with E-state index >= 15 is 0 Å². The summed E-state index contributed by atoms with van der Waals surface area (Å²) < 4.78 is 12.6. The Morgan fingerprint density at radius 3 is 2.94 bits per heavy atom. The number of rotatable bonds is 5. The normalized spacial score (nSPS) is 16.6. The highest BCUT2D eigenvalue weighted by atomic mass is 16.5. The molecule has 2 aromatic heterocycles. The molecule has 36 heavy (non-hydrogen) atoms. The van der Waals surface area contributed by atoms with Gasteiger partial charge in [0.1, 0.15) is 29.1 Å². The van der Waals surface area contributed by atoms with E-state index in [1.54, 1.807) is 12.4 Å². The van der Waals surface area contributed by atoms with Crippen molar-refractivity contribution in [2.45, 2.75) is 19.1 Å². The van der Waals surface area contributed by atoms with E-state index in [0.717, 1.165) is 45.9 Å². The van der Waals surface area contributed by atoms with Crippen LogP contribution in [0.25, 0.3) is 0 Å². The van der Waals surface area contributed by atoms with Crippen LogP contribution in [0.5, 0.6) is 11.5 Å². The molecule has 1 saturated heterocycles. The predicted octanol–water partition coefficient (Wildman–Crippen LogP) is 4.24. The molecule has 6 rings (SSSR count). The molecule has 0 saturated carbocycles. The average Bonchev–Trinajstić information content (AvgIpc) is 2.91. The maximum Gasteiger partial charge on any atom is 0.271 e. The number of fused-ring (bicyclic) bond motifs is 2. The number of nitrogens with two attached hydrogens (primary N) is 1. The van der Waals surface area contributed by atoms with Gasteiger partial charge in [-0.15, -0.1) is 0 Å². The molecule has 4 N–H and O–H groups in total. The molecule has 1 fully saturated rings. The highest BCUT2D eigenvalue weighted by Crippen LogP contribution is 2.43. The first-order valence-electron chi connectivity index (χ1n) is 12.1. The van der Waals surface area contributed by atoms with Crippen LogP contribution in [0.1, 0.15) is 28.4 Å². The molecule has 4 heterocycles. The molecule has 8 heteroatoms. The minimum atomic E-state index is -0.194. The SMILES string of the molecule is Nc1ncccc1CNc1ccc2c(c1)Cc1cccc(C3CN(c4ccc[nH]c4=O)CCO3)c1O2. The van der Waals surface area contributed by atoms with Gasteiger partial charge >= 0.3 is 0 Å². The summed E-state index contributed by atoms with van der Waals surface area (Å²) in [5.41, 5.74) is 11.7. The smallest absolute Gasteiger partial charge is 0.271 e. The zero-order valence-corrected chi connectivity index (χ0v) is 19.7. The van der Waals surface area contributed by atoms with Crippen LogP contribution in [0.2, 0.25) is 0 Å². The Morgan fingerprint density at radius 1 is 1.11 bits per heavy atom. The Bertz CT molecular complexity index is 1470. The van der Waals surface area contributed by atoms with Gasteiger partial charge in [-0.2, -0.15) is 0 Å². The van der Waals surface area contributed by atoms with E-state index < -0.39 is 0 Å². The van der Waals surface area contributed by atoms with Crippen LogP contribution in [0.4, 0.5) is 17.2 Å². The van der Waals surface area contributed by atoms with Crippen molar-refractivity contribution in [1.29, 1.82) is 0 Å². The summed E-state index contributed by atoms with van der Waals surface area (Å²) in [6.07, 6.45) is 3.91. The van der Waals surface area contributed by atoms with Crippen LogP contribution in [0.15, 0.2) is 77.9 Å². The lowest BCUT2D eigenvalue weighted by atomic mass is 9.95.